The van der Waals surface area contributed by atoms with Gasteiger partial charge in [-0.3, -0.25) is 0 Å². The number of aliphatic carboxylic acids is 1. The highest BCUT2D eigenvalue weighted by Crippen LogP contribution is 2.14. The molecule has 0 heterocycles. The lowest BCUT2D eigenvalue weighted by Gasteiger charge is -2.22. The number of carboxylic acid groups (broad SMARTS) is 1. The highest BCUT2D eigenvalue weighted by molar-refractivity contribution is 5.80. The predicted molar refractivity (Wildman–Crippen MR) is 79.7 cm³/mol. The molecule has 1 rings (SSSR count). The first-order valence-corrected chi connectivity index (χ1v) is 6.57. The van der Waals surface area contributed by atoms with Gasteiger partial charge < -0.3 is 15.2 Å². The quantitative estimate of drug-likeness (QED) is 0.375. The van der Waals surface area contributed by atoms with Gasteiger partial charge in [-0.2, -0.15) is 0 Å². The minimum Gasteiger partial charge on any atom is -0.480 e. The zero-order valence-corrected chi connectivity index (χ0v) is 12.6. The fraction of sp³-hybridized carbons (Fsp3) is 0.429. The molecule has 0 fully saturated rings. The van der Waals surface area contributed by atoms with Crippen molar-refractivity contribution in [2.45, 2.75) is 38.8 Å². The molecule has 0 radical (unpaired) electrons. The van der Waals surface area contributed by atoms with Gasteiger partial charge >= 0.3 is 12.1 Å². The van der Waals surface area contributed by atoms with Gasteiger partial charge in [0, 0.05) is 17.0 Å². The number of hydrogen-bond acceptors (Lipinski definition) is 4. The van der Waals surface area contributed by atoms with E-state index in [4.69, 9.17) is 10.3 Å². The third-order valence-electron chi connectivity index (χ3n) is 2.53. The summed E-state index contributed by atoms with van der Waals surface area (Å²) in [5.74, 6) is -1.16. The Kier molecular flexibility index (Phi) is 5.77. The number of benzene rings is 1. The number of hydrogen-bond donors (Lipinski definition) is 2. The van der Waals surface area contributed by atoms with E-state index in [-0.39, 0.29) is 6.42 Å². The van der Waals surface area contributed by atoms with Crippen LogP contribution < -0.4 is 5.32 Å². The van der Waals surface area contributed by atoms with Crippen LogP contribution in [0.5, 0.6) is 0 Å². The smallest absolute Gasteiger partial charge is 0.408 e. The van der Waals surface area contributed by atoms with Gasteiger partial charge in [0.15, 0.2) is 0 Å². The lowest BCUT2D eigenvalue weighted by atomic mass is 10.1. The van der Waals surface area contributed by atoms with Gasteiger partial charge in [0.05, 0.1) is 0 Å². The summed E-state index contributed by atoms with van der Waals surface area (Å²) < 4.78 is 5.04. The standard InChI is InChI=1S/C14H18N4O4/c1-14(2,3)22-13(21)16-11(12(19)20)8-9-4-6-10(7-5-9)17-18-15/h4-7,11H,8H2,1-3H3,(H,16,21)(H,19,20)/i12+1. The molecule has 1 aromatic rings. The van der Waals surface area contributed by atoms with E-state index in [1.807, 2.05) is 0 Å². The minimum absolute atomic E-state index is 0.0884. The number of carbonyl (C=O) groups is 2. The Labute approximate surface area is 127 Å². The highest BCUT2D eigenvalue weighted by atomic mass is 16.6. The number of amides is 1. The number of alkyl carbamates (subject to hydrolysis) is 1. The fourth-order valence-corrected chi connectivity index (χ4v) is 1.64. The Morgan fingerprint density at radius 1 is 1.36 bits per heavy atom. The number of rotatable bonds is 5. The number of carboxylic acids is 1. The molecular formula is C14H18N4O4. The summed E-state index contributed by atoms with van der Waals surface area (Å²) in [5, 5.41) is 14.9. The van der Waals surface area contributed by atoms with E-state index >= 15 is 0 Å². The fourth-order valence-electron chi connectivity index (χ4n) is 1.64. The summed E-state index contributed by atoms with van der Waals surface area (Å²) in [5.41, 5.74) is 8.72. The first kappa shape index (κ1) is 17.3. The molecule has 0 bridgehead atoms. The Bertz CT molecular complexity index is 586. The van der Waals surface area contributed by atoms with Crippen LogP contribution in [0.2, 0.25) is 0 Å². The molecule has 0 aromatic heterocycles. The average molecular weight is 307 g/mol. The maximum atomic E-state index is 11.7. The van der Waals surface area contributed by atoms with Gasteiger partial charge in [0.1, 0.15) is 11.6 Å². The molecule has 0 aliphatic rings. The summed E-state index contributed by atoms with van der Waals surface area (Å²) in [6, 6.07) is 5.30. The molecule has 0 aliphatic heterocycles. The van der Waals surface area contributed by atoms with E-state index in [2.05, 4.69) is 15.3 Å². The number of nitrogens with one attached hydrogen (secondary N) is 1. The molecule has 1 amide bonds. The second kappa shape index (κ2) is 7.33. The van der Waals surface area contributed by atoms with Crippen molar-refractivity contribution < 1.29 is 19.4 Å². The Hall–Kier alpha value is -2.73. The Morgan fingerprint density at radius 2 is 1.95 bits per heavy atom. The van der Waals surface area contributed by atoms with E-state index in [1.54, 1.807) is 45.0 Å². The van der Waals surface area contributed by atoms with Crippen molar-refractivity contribution in [3.8, 4) is 0 Å². The third-order valence-corrected chi connectivity index (χ3v) is 2.53. The maximum absolute atomic E-state index is 11.7. The summed E-state index contributed by atoms with van der Waals surface area (Å²) in [7, 11) is 0. The molecule has 1 atom stereocenters. The van der Waals surface area contributed by atoms with Crippen LogP contribution >= 0.6 is 0 Å². The van der Waals surface area contributed by atoms with Gasteiger partial charge in [-0.15, -0.1) is 0 Å². The second-order valence-electron chi connectivity index (χ2n) is 5.60. The molecule has 8 nitrogen and oxygen atoms in total. The van der Waals surface area contributed by atoms with Crippen molar-refractivity contribution in [3.63, 3.8) is 0 Å². The second-order valence-corrected chi connectivity index (χ2v) is 5.60. The average Bonchev–Trinajstić information content (AvgIpc) is 2.38. The first-order chi connectivity index (χ1) is 10.2. The highest BCUT2D eigenvalue weighted by Gasteiger charge is 2.24. The van der Waals surface area contributed by atoms with E-state index in [0.717, 1.165) is 0 Å². The summed E-state index contributed by atoms with van der Waals surface area (Å²) >= 11 is 0. The monoisotopic (exact) mass is 307 g/mol. The van der Waals surface area contributed by atoms with Crippen molar-refractivity contribution in [1.82, 2.24) is 5.32 Å². The predicted octanol–water partition coefficient (Wildman–Crippen LogP) is 3.15. The van der Waals surface area contributed by atoms with Gasteiger partial charge in [-0.05, 0) is 31.9 Å². The topological polar surface area (TPSA) is 124 Å². The maximum Gasteiger partial charge on any atom is 0.408 e. The van der Waals surface area contributed by atoms with Crippen LogP contribution in [0.25, 0.3) is 10.4 Å². The van der Waals surface area contributed by atoms with Gasteiger partial charge in [0.2, 0.25) is 0 Å². The molecule has 0 saturated heterocycles. The summed E-state index contributed by atoms with van der Waals surface area (Å²) in [6.07, 6.45) is -0.698. The normalized spacial score (nSPS) is 12.0. The lowest BCUT2D eigenvalue weighted by molar-refractivity contribution is -0.139. The Balaban J connectivity index is 2.74. The van der Waals surface area contributed by atoms with Crippen molar-refractivity contribution in [2.75, 3.05) is 0 Å². The Morgan fingerprint density at radius 3 is 2.41 bits per heavy atom. The van der Waals surface area contributed by atoms with E-state index in [9.17, 15) is 14.7 Å². The third kappa shape index (κ3) is 6.15. The van der Waals surface area contributed by atoms with Crippen LogP contribution in [-0.4, -0.2) is 28.8 Å². The first-order valence-electron chi connectivity index (χ1n) is 6.57. The molecule has 0 saturated carbocycles. The zero-order chi connectivity index (χ0) is 16.8. The van der Waals surface area contributed by atoms with E-state index in [1.165, 1.54) is 0 Å². The molecule has 118 valence electrons. The number of nitrogens with zero attached hydrogens (tertiary/aromatic N) is 3. The van der Waals surface area contributed by atoms with Crippen molar-refractivity contribution >= 4 is 17.7 Å². The number of ether oxygens (including phenoxy) is 1. The van der Waals surface area contributed by atoms with Crippen LogP contribution in [0.3, 0.4) is 0 Å². The van der Waals surface area contributed by atoms with E-state index in [0.29, 0.717) is 11.3 Å². The van der Waals surface area contributed by atoms with E-state index < -0.39 is 23.7 Å². The van der Waals surface area contributed by atoms with Crippen LogP contribution in [0.15, 0.2) is 29.4 Å². The molecule has 2 N–H and O–H groups in total. The minimum atomic E-state index is -1.16. The van der Waals surface area contributed by atoms with Crippen molar-refractivity contribution in [1.29, 1.82) is 0 Å². The van der Waals surface area contributed by atoms with Gasteiger partial charge in [-0.1, -0.05) is 29.4 Å². The molecule has 8 heteroatoms. The number of carbonyl (C=O) groups excluding carboxylic acids is 1. The number of azide groups is 1. The summed E-state index contributed by atoms with van der Waals surface area (Å²) in [6.45, 7) is 5.07. The molecule has 0 aliphatic carbocycles. The zero-order valence-electron chi connectivity index (χ0n) is 12.6. The molecule has 0 spiro atoms. The SMILES string of the molecule is CC(C)(C)OC(=O)NC(Cc1ccc(N=[N+]=[N-])cc1)[13C](=O)O. The van der Waals surface area contributed by atoms with Gasteiger partial charge in [0.25, 0.3) is 0 Å². The van der Waals surface area contributed by atoms with Crippen molar-refractivity contribution in [2.24, 2.45) is 5.11 Å². The molecular weight excluding hydrogens is 289 g/mol. The lowest BCUT2D eigenvalue weighted by Crippen LogP contribution is -2.44. The van der Waals surface area contributed by atoms with Crippen LogP contribution in [-0.2, 0) is 16.0 Å². The summed E-state index contributed by atoms with van der Waals surface area (Å²) in [4.78, 5) is 25.5. The van der Waals surface area contributed by atoms with Crippen LogP contribution in [0.4, 0.5) is 10.5 Å². The van der Waals surface area contributed by atoms with Crippen LogP contribution in [0.1, 0.15) is 26.3 Å². The van der Waals surface area contributed by atoms with Crippen LogP contribution in [0, 0.1) is 0 Å². The molecule has 1 aromatic carbocycles. The molecule has 1 unspecified atom stereocenters. The molecule has 22 heavy (non-hydrogen) atoms. The largest absolute Gasteiger partial charge is 0.480 e. The van der Waals surface area contributed by atoms with Crippen molar-refractivity contribution in [3.05, 3.63) is 40.3 Å². The van der Waals surface area contributed by atoms with Gasteiger partial charge in [-0.25, -0.2) is 9.59 Å².